The van der Waals surface area contributed by atoms with Gasteiger partial charge in [-0.25, -0.2) is 8.78 Å². The van der Waals surface area contributed by atoms with E-state index in [4.69, 9.17) is 5.73 Å². The number of halogens is 3. The van der Waals surface area contributed by atoms with Crippen molar-refractivity contribution >= 4 is 15.9 Å². The van der Waals surface area contributed by atoms with Gasteiger partial charge < -0.3 is 5.73 Å². The molecule has 1 aromatic carbocycles. The van der Waals surface area contributed by atoms with Crippen molar-refractivity contribution in [3.63, 3.8) is 0 Å². The number of rotatable bonds is 4. The Labute approximate surface area is 124 Å². The van der Waals surface area contributed by atoms with Gasteiger partial charge in [0.15, 0.2) is 11.6 Å². The van der Waals surface area contributed by atoms with Gasteiger partial charge in [-0.05, 0) is 47.5 Å². The van der Waals surface area contributed by atoms with E-state index in [0.29, 0.717) is 12.0 Å². The highest BCUT2D eigenvalue weighted by Gasteiger charge is 2.17. The maximum Gasteiger partial charge on any atom is 0.173 e. The lowest BCUT2D eigenvalue weighted by Crippen LogP contribution is -2.15. The maximum absolute atomic E-state index is 13.5. The van der Waals surface area contributed by atoms with Gasteiger partial charge in [0.2, 0.25) is 0 Å². The molecule has 0 saturated heterocycles. The summed E-state index contributed by atoms with van der Waals surface area (Å²) < 4.78 is 28.5. The number of benzene rings is 1. The Balaban J connectivity index is 2.19. The van der Waals surface area contributed by atoms with Crippen LogP contribution >= 0.6 is 15.9 Å². The predicted octanol–water partition coefficient (Wildman–Crippen LogP) is 3.75. The van der Waals surface area contributed by atoms with Gasteiger partial charge in [-0.1, -0.05) is 6.07 Å². The van der Waals surface area contributed by atoms with Crippen molar-refractivity contribution in [3.8, 4) is 0 Å². The summed E-state index contributed by atoms with van der Waals surface area (Å²) in [5.41, 5.74) is 7.42. The molecule has 2 aromatic rings. The minimum atomic E-state index is -0.911. The summed E-state index contributed by atoms with van der Waals surface area (Å²) in [7, 11) is 0. The van der Waals surface area contributed by atoms with Crippen molar-refractivity contribution in [1.82, 2.24) is 9.78 Å². The van der Waals surface area contributed by atoms with Crippen LogP contribution in [0.3, 0.4) is 0 Å². The van der Waals surface area contributed by atoms with Gasteiger partial charge in [-0.2, -0.15) is 5.10 Å². The molecule has 0 saturated carbocycles. The molecule has 0 spiro atoms. The molecule has 0 aliphatic rings. The van der Waals surface area contributed by atoms with Gasteiger partial charge in [0.1, 0.15) is 0 Å². The zero-order chi connectivity index (χ0) is 14.9. The van der Waals surface area contributed by atoms with Crippen molar-refractivity contribution in [2.75, 3.05) is 0 Å². The molecule has 0 fully saturated rings. The Morgan fingerprint density at radius 2 is 2.00 bits per heavy atom. The summed E-state index contributed by atoms with van der Waals surface area (Å²) in [6.07, 6.45) is 2.34. The fraction of sp³-hybridized carbons (Fsp3) is 0.357. The van der Waals surface area contributed by atoms with Crippen LogP contribution in [-0.2, 0) is 6.42 Å². The van der Waals surface area contributed by atoms with Crippen LogP contribution < -0.4 is 5.73 Å². The zero-order valence-corrected chi connectivity index (χ0v) is 12.9. The van der Waals surface area contributed by atoms with Crippen molar-refractivity contribution in [2.45, 2.75) is 32.4 Å². The second kappa shape index (κ2) is 6.01. The third-order valence-corrected chi connectivity index (χ3v) is 3.89. The van der Waals surface area contributed by atoms with Crippen molar-refractivity contribution in [2.24, 2.45) is 5.73 Å². The van der Waals surface area contributed by atoms with E-state index in [1.165, 1.54) is 6.07 Å². The highest BCUT2D eigenvalue weighted by molar-refractivity contribution is 9.10. The third-order valence-electron chi connectivity index (χ3n) is 3.09. The maximum atomic E-state index is 13.5. The number of hydrogen-bond donors (Lipinski definition) is 1. The fourth-order valence-corrected chi connectivity index (χ4v) is 2.55. The Kier molecular flexibility index (Phi) is 4.55. The van der Waals surface area contributed by atoms with E-state index in [9.17, 15) is 8.78 Å². The van der Waals surface area contributed by atoms with Gasteiger partial charge in [0, 0.05) is 24.7 Å². The standard InChI is InChI=1S/C14H16BrF2N3/c1-8(2)20-6-5-9(19-20)7-12(18)10-3-4-11(16)14(17)13(10)15/h3-6,8,12H,7,18H2,1-2H3. The minimum absolute atomic E-state index is 0.0771. The van der Waals surface area contributed by atoms with Crippen LogP contribution in [-0.4, -0.2) is 9.78 Å². The fourth-order valence-electron chi connectivity index (χ4n) is 1.94. The molecule has 0 aliphatic heterocycles. The molecular formula is C14H16BrF2N3. The van der Waals surface area contributed by atoms with E-state index >= 15 is 0 Å². The van der Waals surface area contributed by atoms with Gasteiger partial charge in [-0.15, -0.1) is 0 Å². The van der Waals surface area contributed by atoms with E-state index in [1.807, 2.05) is 30.8 Å². The Hall–Kier alpha value is -1.27. The minimum Gasteiger partial charge on any atom is -0.324 e. The molecule has 20 heavy (non-hydrogen) atoms. The van der Waals surface area contributed by atoms with E-state index in [0.717, 1.165) is 11.8 Å². The number of nitrogens with zero attached hydrogens (tertiary/aromatic N) is 2. The van der Waals surface area contributed by atoms with Gasteiger partial charge >= 0.3 is 0 Å². The molecule has 0 bridgehead atoms. The van der Waals surface area contributed by atoms with Crippen LogP contribution in [0, 0.1) is 11.6 Å². The summed E-state index contributed by atoms with van der Waals surface area (Å²) in [5.74, 6) is -1.80. The molecule has 1 atom stereocenters. The lowest BCUT2D eigenvalue weighted by Gasteiger charge is -2.13. The topological polar surface area (TPSA) is 43.8 Å². The molecule has 3 nitrogen and oxygen atoms in total. The molecule has 1 unspecified atom stereocenters. The number of nitrogens with two attached hydrogens (primary N) is 1. The number of aromatic nitrogens is 2. The van der Waals surface area contributed by atoms with Crippen LogP contribution in [0.1, 0.15) is 37.2 Å². The average molecular weight is 344 g/mol. The van der Waals surface area contributed by atoms with Gasteiger partial charge in [0.05, 0.1) is 10.2 Å². The van der Waals surface area contributed by atoms with E-state index in [1.54, 1.807) is 0 Å². The summed E-state index contributed by atoms with van der Waals surface area (Å²) in [6.45, 7) is 4.06. The smallest absolute Gasteiger partial charge is 0.173 e. The quantitative estimate of drug-likeness (QED) is 0.859. The van der Waals surface area contributed by atoms with Crippen LogP contribution in [0.4, 0.5) is 8.78 Å². The zero-order valence-electron chi connectivity index (χ0n) is 11.3. The molecule has 2 rings (SSSR count). The molecule has 1 aromatic heterocycles. The van der Waals surface area contributed by atoms with E-state index in [2.05, 4.69) is 21.0 Å². The molecule has 0 amide bonds. The van der Waals surface area contributed by atoms with Crippen molar-refractivity contribution in [3.05, 3.63) is 51.8 Å². The third kappa shape index (κ3) is 3.07. The van der Waals surface area contributed by atoms with Crippen LogP contribution in [0.25, 0.3) is 0 Å². The Morgan fingerprint density at radius 1 is 1.30 bits per heavy atom. The van der Waals surface area contributed by atoms with Crippen LogP contribution in [0.2, 0.25) is 0 Å². The summed E-state index contributed by atoms with van der Waals surface area (Å²) in [6, 6.07) is 4.28. The van der Waals surface area contributed by atoms with Crippen molar-refractivity contribution < 1.29 is 8.78 Å². The molecule has 1 heterocycles. The summed E-state index contributed by atoms with van der Waals surface area (Å²) in [4.78, 5) is 0. The van der Waals surface area contributed by atoms with Crippen molar-refractivity contribution in [1.29, 1.82) is 0 Å². The first kappa shape index (κ1) is 15.1. The van der Waals surface area contributed by atoms with Gasteiger partial charge in [-0.3, -0.25) is 4.68 Å². The van der Waals surface area contributed by atoms with Crippen LogP contribution in [0.15, 0.2) is 28.9 Å². The second-order valence-corrected chi connectivity index (χ2v) is 5.75. The molecule has 6 heteroatoms. The van der Waals surface area contributed by atoms with Crippen LogP contribution in [0.5, 0.6) is 0 Å². The molecule has 0 aliphatic carbocycles. The van der Waals surface area contributed by atoms with Gasteiger partial charge in [0.25, 0.3) is 0 Å². The highest BCUT2D eigenvalue weighted by atomic mass is 79.9. The lowest BCUT2D eigenvalue weighted by molar-refractivity contribution is 0.498. The highest BCUT2D eigenvalue weighted by Crippen LogP contribution is 2.28. The SMILES string of the molecule is CC(C)n1ccc(CC(N)c2ccc(F)c(F)c2Br)n1. The first-order valence-electron chi connectivity index (χ1n) is 6.33. The molecular weight excluding hydrogens is 328 g/mol. The lowest BCUT2D eigenvalue weighted by atomic mass is 10.0. The normalized spacial score (nSPS) is 12.9. The Bertz CT molecular complexity index is 610. The first-order valence-corrected chi connectivity index (χ1v) is 7.12. The first-order chi connectivity index (χ1) is 9.40. The summed E-state index contributed by atoms with van der Waals surface area (Å²) >= 11 is 3.05. The Morgan fingerprint density at radius 3 is 2.60 bits per heavy atom. The molecule has 108 valence electrons. The predicted molar refractivity (Wildman–Crippen MR) is 77.3 cm³/mol. The van der Waals surface area contributed by atoms with E-state index in [-0.39, 0.29) is 10.5 Å². The molecule has 0 radical (unpaired) electrons. The monoisotopic (exact) mass is 343 g/mol. The molecule has 2 N–H and O–H groups in total. The average Bonchev–Trinajstić information content (AvgIpc) is 2.84. The largest absolute Gasteiger partial charge is 0.324 e. The summed E-state index contributed by atoms with van der Waals surface area (Å²) in [5, 5.41) is 4.40. The second-order valence-electron chi connectivity index (χ2n) is 4.96. The number of hydrogen-bond acceptors (Lipinski definition) is 2. The van der Waals surface area contributed by atoms with E-state index < -0.39 is 17.7 Å².